The van der Waals surface area contributed by atoms with Gasteiger partial charge in [-0.15, -0.1) is 0 Å². The number of unbranched alkanes of at least 4 members (excludes halogenated alkanes) is 1. The van der Waals surface area contributed by atoms with Crippen molar-refractivity contribution in [1.29, 1.82) is 0 Å². The zero-order chi connectivity index (χ0) is 13.4. The molecule has 0 unspecified atom stereocenters. The summed E-state index contributed by atoms with van der Waals surface area (Å²) in [6.07, 6.45) is 3.40. The Morgan fingerprint density at radius 1 is 1.06 bits per heavy atom. The van der Waals surface area contributed by atoms with Gasteiger partial charge in [0.2, 0.25) is 0 Å². The van der Waals surface area contributed by atoms with Gasteiger partial charge in [-0.05, 0) is 76.3 Å². The molecule has 0 amide bonds. The van der Waals surface area contributed by atoms with Gasteiger partial charge in [0.15, 0.2) is 0 Å². The summed E-state index contributed by atoms with van der Waals surface area (Å²) < 4.78 is 8.74. The Kier molecular flexibility index (Phi) is 8.55. The van der Waals surface area contributed by atoms with Gasteiger partial charge in [-0.2, -0.15) is 0 Å². The Morgan fingerprint density at radius 3 is 2.33 bits per heavy atom. The summed E-state index contributed by atoms with van der Waals surface area (Å²) in [5, 5.41) is 3.38. The van der Waals surface area contributed by atoms with E-state index in [2.05, 4.69) is 60.0 Å². The highest BCUT2D eigenvalue weighted by atomic mass is 79.9. The molecule has 1 N–H and O–H groups in total. The maximum atomic E-state index is 5.79. The zero-order valence-electron chi connectivity index (χ0n) is 10.4. The van der Waals surface area contributed by atoms with Crippen LogP contribution >= 0.6 is 47.8 Å². The fourth-order valence-electron chi connectivity index (χ4n) is 1.49. The molecule has 0 aromatic heterocycles. The first kappa shape index (κ1) is 16.5. The van der Waals surface area contributed by atoms with Crippen LogP contribution in [0.25, 0.3) is 0 Å². The lowest BCUT2D eigenvalue weighted by molar-refractivity contribution is 0.302. The van der Waals surface area contributed by atoms with Crippen molar-refractivity contribution in [2.24, 2.45) is 0 Å². The van der Waals surface area contributed by atoms with Gasteiger partial charge < -0.3 is 10.1 Å². The molecule has 0 fully saturated rings. The van der Waals surface area contributed by atoms with E-state index in [-0.39, 0.29) is 0 Å². The maximum absolute atomic E-state index is 5.79. The van der Waals surface area contributed by atoms with Crippen LogP contribution in [0, 0.1) is 0 Å². The van der Waals surface area contributed by atoms with Gasteiger partial charge >= 0.3 is 0 Å². The highest BCUT2D eigenvalue weighted by Gasteiger charge is 2.07. The van der Waals surface area contributed by atoms with Gasteiger partial charge in [-0.1, -0.05) is 22.9 Å². The Bertz CT molecular complexity index is 348. The van der Waals surface area contributed by atoms with Gasteiger partial charge in [0, 0.05) is 4.47 Å². The second-order valence-electron chi connectivity index (χ2n) is 4.00. The Morgan fingerprint density at radius 2 is 1.72 bits per heavy atom. The smallest absolute Gasteiger partial charge is 0.147 e. The van der Waals surface area contributed by atoms with Gasteiger partial charge in [-0.25, -0.2) is 0 Å². The normalized spacial score (nSPS) is 10.7. The lowest BCUT2D eigenvalue weighted by Crippen LogP contribution is -2.16. The van der Waals surface area contributed by atoms with E-state index in [1.165, 1.54) is 6.42 Å². The fraction of sp³-hybridized carbons (Fsp3) is 0.538. The largest absolute Gasteiger partial charge is 0.491 e. The molecular weight excluding hydrogens is 426 g/mol. The predicted octanol–water partition coefficient (Wildman–Crippen LogP) is 5.13. The van der Waals surface area contributed by atoms with E-state index in [4.69, 9.17) is 4.74 Å². The van der Waals surface area contributed by atoms with Crippen LogP contribution in [0.2, 0.25) is 0 Å². The predicted molar refractivity (Wildman–Crippen MR) is 87.4 cm³/mol. The quantitative estimate of drug-likeness (QED) is 0.562. The number of benzene rings is 1. The van der Waals surface area contributed by atoms with Gasteiger partial charge in [0.1, 0.15) is 5.75 Å². The molecule has 0 radical (unpaired) electrons. The highest BCUT2D eigenvalue weighted by molar-refractivity contribution is 9.11. The Labute approximate surface area is 134 Å². The van der Waals surface area contributed by atoms with Gasteiger partial charge in [-0.3, -0.25) is 0 Å². The summed E-state index contributed by atoms with van der Waals surface area (Å²) in [4.78, 5) is 0. The number of hydrogen-bond donors (Lipinski definition) is 1. The van der Waals surface area contributed by atoms with Crippen LogP contribution in [-0.4, -0.2) is 19.7 Å². The molecule has 0 bridgehead atoms. The van der Waals surface area contributed by atoms with Crippen molar-refractivity contribution >= 4 is 47.8 Å². The van der Waals surface area contributed by atoms with E-state index in [1.54, 1.807) is 0 Å². The van der Waals surface area contributed by atoms with Crippen LogP contribution in [0.1, 0.15) is 26.2 Å². The zero-order valence-corrected chi connectivity index (χ0v) is 15.2. The third-order valence-corrected chi connectivity index (χ3v) is 4.02. The number of rotatable bonds is 8. The third-order valence-electron chi connectivity index (χ3n) is 2.38. The lowest BCUT2D eigenvalue weighted by atomic mass is 10.3. The number of nitrogens with one attached hydrogen (secondary N) is 1. The van der Waals surface area contributed by atoms with E-state index in [0.29, 0.717) is 0 Å². The number of halogens is 3. The lowest BCUT2D eigenvalue weighted by Gasteiger charge is -2.11. The van der Waals surface area contributed by atoms with Gasteiger partial charge in [0.05, 0.1) is 15.6 Å². The summed E-state index contributed by atoms with van der Waals surface area (Å²) in [7, 11) is 0. The van der Waals surface area contributed by atoms with Crippen molar-refractivity contribution in [2.45, 2.75) is 26.2 Å². The van der Waals surface area contributed by atoms with Crippen molar-refractivity contribution in [3.8, 4) is 5.75 Å². The van der Waals surface area contributed by atoms with Crippen LogP contribution < -0.4 is 10.1 Å². The van der Waals surface area contributed by atoms with E-state index in [0.717, 1.165) is 51.7 Å². The van der Waals surface area contributed by atoms with Crippen LogP contribution in [-0.2, 0) is 0 Å². The van der Waals surface area contributed by atoms with Crippen LogP contribution in [0.4, 0.5) is 0 Å². The summed E-state index contributed by atoms with van der Waals surface area (Å²) in [6.45, 7) is 5.09. The molecule has 1 aromatic rings. The molecule has 0 saturated heterocycles. The molecular formula is C13H18Br3NO. The van der Waals surface area contributed by atoms with Crippen molar-refractivity contribution in [3.63, 3.8) is 0 Å². The molecule has 1 aromatic carbocycles. The molecule has 2 nitrogen and oxygen atoms in total. The molecule has 102 valence electrons. The second kappa shape index (κ2) is 9.34. The molecule has 0 spiro atoms. The van der Waals surface area contributed by atoms with Crippen LogP contribution in [0.5, 0.6) is 5.75 Å². The van der Waals surface area contributed by atoms with Crippen molar-refractivity contribution < 1.29 is 4.74 Å². The maximum Gasteiger partial charge on any atom is 0.147 e. The minimum atomic E-state index is 0.743. The average Bonchev–Trinajstić information content (AvgIpc) is 2.30. The van der Waals surface area contributed by atoms with Crippen LogP contribution in [0.15, 0.2) is 25.6 Å². The fourth-order valence-corrected chi connectivity index (χ4v) is 3.98. The summed E-state index contributed by atoms with van der Waals surface area (Å²) in [5.41, 5.74) is 0. The molecule has 0 saturated carbocycles. The molecule has 0 aliphatic rings. The first-order valence-corrected chi connectivity index (χ1v) is 8.51. The number of ether oxygens (including phenoxy) is 1. The molecule has 5 heteroatoms. The molecule has 0 heterocycles. The first-order chi connectivity index (χ1) is 8.65. The van der Waals surface area contributed by atoms with E-state index in [9.17, 15) is 0 Å². The number of hydrogen-bond acceptors (Lipinski definition) is 2. The summed E-state index contributed by atoms with van der Waals surface area (Å²) >= 11 is 10.4. The standard InChI is InChI=1S/C13H18Br3NO/c1-2-5-17-6-3-4-7-18-13-11(15)8-10(14)9-12(13)16/h8-9,17H,2-7H2,1H3. The Balaban J connectivity index is 2.27. The molecule has 0 atom stereocenters. The minimum absolute atomic E-state index is 0.743. The van der Waals surface area contributed by atoms with E-state index < -0.39 is 0 Å². The monoisotopic (exact) mass is 441 g/mol. The minimum Gasteiger partial charge on any atom is -0.491 e. The SMILES string of the molecule is CCCNCCCCOc1c(Br)cc(Br)cc1Br. The van der Waals surface area contributed by atoms with E-state index >= 15 is 0 Å². The summed E-state index contributed by atoms with van der Waals surface area (Å²) in [5.74, 6) is 0.875. The first-order valence-electron chi connectivity index (χ1n) is 6.13. The second-order valence-corrected chi connectivity index (χ2v) is 6.63. The molecule has 0 aliphatic heterocycles. The van der Waals surface area contributed by atoms with Crippen molar-refractivity contribution in [1.82, 2.24) is 5.32 Å². The highest BCUT2D eigenvalue weighted by Crippen LogP contribution is 2.36. The molecule has 1 rings (SSSR count). The Hall–Kier alpha value is 0.420. The van der Waals surface area contributed by atoms with E-state index in [1.807, 2.05) is 12.1 Å². The summed E-state index contributed by atoms with van der Waals surface area (Å²) in [6, 6.07) is 3.98. The van der Waals surface area contributed by atoms with Gasteiger partial charge in [0.25, 0.3) is 0 Å². The average molecular weight is 444 g/mol. The molecule has 0 aliphatic carbocycles. The topological polar surface area (TPSA) is 21.3 Å². The molecule has 18 heavy (non-hydrogen) atoms. The van der Waals surface area contributed by atoms with Crippen LogP contribution in [0.3, 0.4) is 0 Å². The third kappa shape index (κ3) is 6.04. The van der Waals surface area contributed by atoms with Crippen molar-refractivity contribution in [2.75, 3.05) is 19.7 Å². The van der Waals surface area contributed by atoms with Crippen molar-refractivity contribution in [3.05, 3.63) is 25.6 Å².